The van der Waals surface area contributed by atoms with E-state index in [2.05, 4.69) is 19.2 Å². The number of carbonyl (C=O) groups is 2. The minimum atomic E-state index is -0.131. The van der Waals surface area contributed by atoms with Gasteiger partial charge in [-0.05, 0) is 32.1 Å². The molecule has 1 aliphatic heterocycles. The maximum atomic E-state index is 12.1. The molecule has 0 bridgehead atoms. The molecule has 4 nitrogen and oxygen atoms in total. The zero-order chi connectivity index (χ0) is 13.4. The zero-order valence-electron chi connectivity index (χ0n) is 11.7. The van der Waals surface area contributed by atoms with Gasteiger partial charge in [0.1, 0.15) is 6.42 Å². The third kappa shape index (κ3) is 4.67. The van der Waals surface area contributed by atoms with Crippen molar-refractivity contribution in [3.8, 4) is 0 Å². The molecule has 1 unspecified atom stereocenters. The molecule has 18 heavy (non-hydrogen) atoms. The van der Waals surface area contributed by atoms with E-state index in [1.165, 1.54) is 6.42 Å². The molecule has 1 N–H and O–H groups in total. The van der Waals surface area contributed by atoms with Crippen LogP contribution in [0.2, 0.25) is 0 Å². The van der Waals surface area contributed by atoms with Gasteiger partial charge in [-0.2, -0.15) is 0 Å². The van der Waals surface area contributed by atoms with E-state index in [1.54, 1.807) is 0 Å². The molecule has 0 spiro atoms. The third-order valence-electron chi connectivity index (χ3n) is 3.58. The second-order valence-corrected chi connectivity index (χ2v) is 5.03. The molecule has 1 heterocycles. The smallest absolute Gasteiger partial charge is 0.232 e. The Morgan fingerprint density at radius 1 is 1.28 bits per heavy atom. The summed E-state index contributed by atoms with van der Waals surface area (Å²) in [6.07, 6.45) is 6.38. The summed E-state index contributed by atoms with van der Waals surface area (Å²) >= 11 is 0. The summed E-state index contributed by atoms with van der Waals surface area (Å²) in [5, 5.41) is 2.80. The molecule has 0 aromatic carbocycles. The Bertz CT molecular complexity index is 279. The Hall–Kier alpha value is -1.06. The van der Waals surface area contributed by atoms with Gasteiger partial charge in [0.25, 0.3) is 0 Å². The molecule has 1 rings (SSSR count). The molecule has 0 aliphatic carbocycles. The highest BCUT2D eigenvalue weighted by Crippen LogP contribution is 2.20. The monoisotopic (exact) mass is 254 g/mol. The fourth-order valence-corrected chi connectivity index (χ4v) is 2.46. The SMILES string of the molecule is CCCCNC(=O)CC(=O)N1CCCCC1CC. The zero-order valence-corrected chi connectivity index (χ0v) is 11.7. The molecule has 0 aromatic heterocycles. The average molecular weight is 254 g/mol. The first-order valence-corrected chi connectivity index (χ1v) is 7.25. The Kier molecular flexibility index (Phi) is 6.76. The number of unbranched alkanes of at least 4 members (excludes halogenated alkanes) is 1. The largest absolute Gasteiger partial charge is 0.356 e. The van der Waals surface area contributed by atoms with E-state index in [0.717, 1.165) is 38.6 Å². The van der Waals surface area contributed by atoms with Gasteiger partial charge < -0.3 is 10.2 Å². The highest BCUT2D eigenvalue weighted by molar-refractivity contribution is 5.97. The van der Waals surface area contributed by atoms with Crippen molar-refractivity contribution in [2.75, 3.05) is 13.1 Å². The first-order valence-electron chi connectivity index (χ1n) is 7.25. The number of piperidine rings is 1. The van der Waals surface area contributed by atoms with Gasteiger partial charge in [0.15, 0.2) is 0 Å². The second kappa shape index (κ2) is 8.11. The van der Waals surface area contributed by atoms with Gasteiger partial charge in [0.05, 0.1) is 0 Å². The molecule has 1 saturated heterocycles. The van der Waals surface area contributed by atoms with E-state index < -0.39 is 0 Å². The fraction of sp³-hybridized carbons (Fsp3) is 0.857. The molecule has 1 aliphatic rings. The number of carbonyl (C=O) groups excluding carboxylic acids is 2. The Balaban J connectivity index is 2.36. The number of nitrogens with one attached hydrogen (secondary N) is 1. The van der Waals surface area contributed by atoms with Gasteiger partial charge >= 0.3 is 0 Å². The summed E-state index contributed by atoms with van der Waals surface area (Å²) in [5.41, 5.74) is 0. The standard InChI is InChI=1S/C14H26N2O2/c1-3-5-9-15-13(17)11-14(18)16-10-7-6-8-12(16)4-2/h12H,3-11H2,1-2H3,(H,15,17). The first kappa shape index (κ1) is 15.0. The number of hydrogen-bond acceptors (Lipinski definition) is 2. The lowest BCUT2D eigenvalue weighted by Crippen LogP contribution is -2.45. The van der Waals surface area contributed by atoms with Gasteiger partial charge in [-0.25, -0.2) is 0 Å². The maximum Gasteiger partial charge on any atom is 0.232 e. The van der Waals surface area contributed by atoms with Crippen LogP contribution in [-0.2, 0) is 9.59 Å². The molecule has 1 atom stereocenters. The van der Waals surface area contributed by atoms with E-state index in [0.29, 0.717) is 12.6 Å². The molecule has 0 aromatic rings. The van der Waals surface area contributed by atoms with Crippen LogP contribution < -0.4 is 5.32 Å². The van der Waals surface area contributed by atoms with Gasteiger partial charge in [-0.1, -0.05) is 20.3 Å². The predicted octanol–water partition coefficient (Wildman–Crippen LogP) is 2.08. The van der Waals surface area contributed by atoms with Crippen molar-refractivity contribution in [3.05, 3.63) is 0 Å². The quantitative estimate of drug-likeness (QED) is 0.583. The Labute approximate surface area is 110 Å². The van der Waals surface area contributed by atoms with Crippen LogP contribution in [0.25, 0.3) is 0 Å². The molecular weight excluding hydrogens is 228 g/mol. The molecule has 2 amide bonds. The molecule has 1 fully saturated rings. The summed E-state index contributed by atoms with van der Waals surface area (Å²) in [7, 11) is 0. The highest BCUT2D eigenvalue weighted by atomic mass is 16.2. The van der Waals surface area contributed by atoms with Crippen molar-refractivity contribution in [1.82, 2.24) is 10.2 Å². The highest BCUT2D eigenvalue weighted by Gasteiger charge is 2.26. The van der Waals surface area contributed by atoms with Crippen LogP contribution in [0.4, 0.5) is 0 Å². The number of rotatable bonds is 6. The van der Waals surface area contributed by atoms with E-state index in [1.807, 2.05) is 4.90 Å². The van der Waals surface area contributed by atoms with Gasteiger partial charge in [-0.3, -0.25) is 9.59 Å². The van der Waals surface area contributed by atoms with Crippen LogP contribution in [0.5, 0.6) is 0 Å². The Morgan fingerprint density at radius 3 is 2.72 bits per heavy atom. The summed E-state index contributed by atoms with van der Waals surface area (Å²) in [6.45, 7) is 5.69. The van der Waals surface area contributed by atoms with Crippen molar-refractivity contribution >= 4 is 11.8 Å². The summed E-state index contributed by atoms with van der Waals surface area (Å²) in [6, 6.07) is 0.342. The van der Waals surface area contributed by atoms with E-state index in [4.69, 9.17) is 0 Å². The second-order valence-electron chi connectivity index (χ2n) is 5.03. The number of nitrogens with zero attached hydrogens (tertiary/aromatic N) is 1. The lowest BCUT2D eigenvalue weighted by Gasteiger charge is -2.35. The normalized spacial score (nSPS) is 19.7. The van der Waals surface area contributed by atoms with Crippen LogP contribution >= 0.6 is 0 Å². The van der Waals surface area contributed by atoms with E-state index >= 15 is 0 Å². The fourth-order valence-electron chi connectivity index (χ4n) is 2.46. The summed E-state index contributed by atoms with van der Waals surface area (Å²) < 4.78 is 0. The lowest BCUT2D eigenvalue weighted by atomic mass is 9.99. The molecule has 0 radical (unpaired) electrons. The maximum absolute atomic E-state index is 12.1. The van der Waals surface area contributed by atoms with Crippen molar-refractivity contribution in [3.63, 3.8) is 0 Å². The number of amides is 2. The summed E-state index contributed by atoms with van der Waals surface area (Å²) in [5.74, 6) is -0.135. The van der Waals surface area contributed by atoms with Crippen molar-refractivity contribution in [2.24, 2.45) is 0 Å². The van der Waals surface area contributed by atoms with Gasteiger partial charge in [-0.15, -0.1) is 0 Å². The molecular formula is C14H26N2O2. The molecule has 0 saturated carbocycles. The number of likely N-dealkylation sites (tertiary alicyclic amines) is 1. The van der Waals surface area contributed by atoms with E-state index in [-0.39, 0.29) is 18.2 Å². The van der Waals surface area contributed by atoms with Crippen molar-refractivity contribution in [1.29, 1.82) is 0 Å². The first-order chi connectivity index (χ1) is 8.69. The third-order valence-corrected chi connectivity index (χ3v) is 3.58. The van der Waals surface area contributed by atoms with Crippen LogP contribution in [-0.4, -0.2) is 35.8 Å². The lowest BCUT2D eigenvalue weighted by molar-refractivity contribution is -0.139. The van der Waals surface area contributed by atoms with Gasteiger partial charge in [0, 0.05) is 19.1 Å². The molecule has 4 heteroatoms. The van der Waals surface area contributed by atoms with E-state index in [9.17, 15) is 9.59 Å². The van der Waals surface area contributed by atoms with Gasteiger partial charge in [0.2, 0.25) is 11.8 Å². The van der Waals surface area contributed by atoms with Crippen LogP contribution in [0.3, 0.4) is 0 Å². The number of hydrogen-bond donors (Lipinski definition) is 1. The minimum Gasteiger partial charge on any atom is -0.356 e. The van der Waals surface area contributed by atoms with Crippen LogP contribution in [0, 0.1) is 0 Å². The van der Waals surface area contributed by atoms with Crippen LogP contribution in [0.1, 0.15) is 58.8 Å². The average Bonchev–Trinajstić information content (AvgIpc) is 2.39. The van der Waals surface area contributed by atoms with Crippen molar-refractivity contribution in [2.45, 2.75) is 64.8 Å². The predicted molar refractivity (Wildman–Crippen MR) is 72.2 cm³/mol. The summed E-state index contributed by atoms with van der Waals surface area (Å²) in [4.78, 5) is 25.6. The molecule has 104 valence electrons. The topological polar surface area (TPSA) is 49.4 Å². The van der Waals surface area contributed by atoms with Crippen molar-refractivity contribution < 1.29 is 9.59 Å². The Morgan fingerprint density at radius 2 is 2.06 bits per heavy atom. The van der Waals surface area contributed by atoms with Crippen LogP contribution in [0.15, 0.2) is 0 Å². The minimum absolute atomic E-state index is 0.00412.